The van der Waals surface area contributed by atoms with Gasteiger partial charge in [0.1, 0.15) is 0 Å². The van der Waals surface area contributed by atoms with E-state index >= 15 is 0 Å². The van der Waals surface area contributed by atoms with Crippen molar-refractivity contribution < 1.29 is 4.74 Å². The molecule has 0 unspecified atom stereocenters. The summed E-state index contributed by atoms with van der Waals surface area (Å²) in [6, 6.07) is 2.00. The Morgan fingerprint density at radius 2 is 1.80 bits per heavy atom. The molecule has 15 heavy (non-hydrogen) atoms. The monoisotopic (exact) mass is 271 g/mol. The molecule has 0 fully saturated rings. The Labute approximate surface area is 100 Å². The van der Waals surface area contributed by atoms with Crippen LogP contribution in [0, 0.1) is 0 Å². The summed E-state index contributed by atoms with van der Waals surface area (Å²) < 4.78 is 6.34. The SMILES string of the molecule is COc1cc(C(C)C)c(Br)c(C(C)C)n1. The van der Waals surface area contributed by atoms with Crippen LogP contribution in [0.4, 0.5) is 0 Å². The predicted octanol–water partition coefficient (Wildman–Crippen LogP) is 4.10. The van der Waals surface area contributed by atoms with Gasteiger partial charge in [-0.25, -0.2) is 4.98 Å². The fraction of sp³-hybridized carbons (Fsp3) is 0.583. The zero-order valence-electron chi connectivity index (χ0n) is 9.97. The van der Waals surface area contributed by atoms with Crippen LogP contribution in [0.25, 0.3) is 0 Å². The summed E-state index contributed by atoms with van der Waals surface area (Å²) >= 11 is 3.63. The molecule has 3 heteroatoms. The smallest absolute Gasteiger partial charge is 0.213 e. The van der Waals surface area contributed by atoms with Gasteiger partial charge in [-0.2, -0.15) is 0 Å². The number of ether oxygens (including phenoxy) is 1. The van der Waals surface area contributed by atoms with Crippen LogP contribution in [-0.2, 0) is 0 Å². The molecule has 0 spiro atoms. The van der Waals surface area contributed by atoms with Crippen molar-refractivity contribution >= 4 is 15.9 Å². The van der Waals surface area contributed by atoms with Gasteiger partial charge in [0.2, 0.25) is 5.88 Å². The number of methoxy groups -OCH3 is 1. The summed E-state index contributed by atoms with van der Waals surface area (Å²) in [5.74, 6) is 1.56. The third-order valence-corrected chi connectivity index (χ3v) is 3.23. The van der Waals surface area contributed by atoms with Crippen LogP contribution in [0.5, 0.6) is 5.88 Å². The Kier molecular flexibility index (Phi) is 4.14. The quantitative estimate of drug-likeness (QED) is 0.826. The Bertz CT molecular complexity index is 318. The normalized spacial score (nSPS) is 11.2. The molecule has 2 nitrogen and oxygen atoms in total. The molecule has 0 radical (unpaired) electrons. The first kappa shape index (κ1) is 12.5. The Morgan fingerprint density at radius 1 is 1.20 bits per heavy atom. The lowest BCUT2D eigenvalue weighted by Gasteiger charge is -2.15. The summed E-state index contributed by atoms with van der Waals surface area (Å²) in [5.41, 5.74) is 2.32. The first-order valence-electron chi connectivity index (χ1n) is 5.21. The zero-order chi connectivity index (χ0) is 11.6. The minimum atomic E-state index is 0.395. The second kappa shape index (κ2) is 4.97. The van der Waals surface area contributed by atoms with Crippen LogP contribution in [0.15, 0.2) is 10.5 Å². The molecule has 84 valence electrons. The fourth-order valence-electron chi connectivity index (χ4n) is 1.45. The third kappa shape index (κ3) is 2.71. The second-order valence-electron chi connectivity index (χ2n) is 4.26. The van der Waals surface area contributed by atoms with E-state index in [0.29, 0.717) is 17.7 Å². The molecule has 1 rings (SSSR count). The van der Waals surface area contributed by atoms with Gasteiger partial charge in [-0.3, -0.25) is 0 Å². The molecule has 0 aliphatic carbocycles. The maximum absolute atomic E-state index is 5.22. The molecule has 0 bridgehead atoms. The number of aromatic nitrogens is 1. The van der Waals surface area contributed by atoms with Crippen molar-refractivity contribution in [2.45, 2.75) is 39.5 Å². The highest BCUT2D eigenvalue weighted by atomic mass is 79.9. The zero-order valence-corrected chi connectivity index (χ0v) is 11.6. The van der Waals surface area contributed by atoms with Gasteiger partial charge in [-0.15, -0.1) is 0 Å². The van der Waals surface area contributed by atoms with Gasteiger partial charge in [-0.1, -0.05) is 27.7 Å². The van der Waals surface area contributed by atoms with Crippen LogP contribution < -0.4 is 4.74 Å². The topological polar surface area (TPSA) is 22.1 Å². The molecular weight excluding hydrogens is 254 g/mol. The van der Waals surface area contributed by atoms with Crippen molar-refractivity contribution in [2.24, 2.45) is 0 Å². The van der Waals surface area contributed by atoms with Gasteiger partial charge in [0.05, 0.1) is 12.8 Å². The lowest BCUT2D eigenvalue weighted by atomic mass is 10.0. The predicted molar refractivity (Wildman–Crippen MR) is 66.7 cm³/mol. The van der Waals surface area contributed by atoms with Crippen LogP contribution >= 0.6 is 15.9 Å². The van der Waals surface area contributed by atoms with Crippen molar-refractivity contribution in [3.05, 3.63) is 21.8 Å². The average Bonchev–Trinajstić information content (AvgIpc) is 2.17. The van der Waals surface area contributed by atoms with Crippen molar-refractivity contribution in [2.75, 3.05) is 7.11 Å². The molecule has 1 aromatic rings. The lowest BCUT2D eigenvalue weighted by molar-refractivity contribution is 0.394. The van der Waals surface area contributed by atoms with E-state index in [1.807, 2.05) is 6.07 Å². The summed E-state index contributed by atoms with van der Waals surface area (Å²) in [7, 11) is 1.66. The van der Waals surface area contributed by atoms with Crippen LogP contribution in [0.1, 0.15) is 50.8 Å². The number of pyridine rings is 1. The molecule has 0 atom stereocenters. The molecule has 0 amide bonds. The highest BCUT2D eigenvalue weighted by molar-refractivity contribution is 9.10. The summed E-state index contributed by atoms with van der Waals surface area (Å²) in [6.45, 7) is 8.61. The number of rotatable bonds is 3. The van der Waals surface area contributed by atoms with Crippen molar-refractivity contribution in [3.63, 3.8) is 0 Å². The first-order valence-corrected chi connectivity index (χ1v) is 6.01. The largest absolute Gasteiger partial charge is 0.481 e. The van der Waals surface area contributed by atoms with Crippen molar-refractivity contribution in [3.8, 4) is 5.88 Å². The summed E-state index contributed by atoms with van der Waals surface area (Å²) in [5, 5.41) is 0. The van der Waals surface area contributed by atoms with E-state index in [2.05, 4.69) is 48.6 Å². The molecule has 1 aromatic heterocycles. The first-order chi connectivity index (χ1) is 6.97. The number of nitrogens with zero attached hydrogens (tertiary/aromatic N) is 1. The molecule has 0 saturated carbocycles. The molecular formula is C12H18BrNO. The van der Waals surface area contributed by atoms with Gasteiger partial charge in [-0.05, 0) is 33.3 Å². The van der Waals surface area contributed by atoms with E-state index in [1.54, 1.807) is 7.11 Å². The molecule has 0 saturated heterocycles. The van der Waals surface area contributed by atoms with Gasteiger partial charge in [0.15, 0.2) is 0 Å². The van der Waals surface area contributed by atoms with Crippen molar-refractivity contribution in [1.29, 1.82) is 0 Å². The maximum atomic E-state index is 5.22. The number of hydrogen-bond donors (Lipinski definition) is 0. The number of hydrogen-bond acceptors (Lipinski definition) is 2. The molecule has 1 heterocycles. The van der Waals surface area contributed by atoms with E-state index in [9.17, 15) is 0 Å². The minimum absolute atomic E-state index is 0.395. The van der Waals surface area contributed by atoms with E-state index in [1.165, 1.54) is 5.56 Å². The Balaban J connectivity index is 3.33. The van der Waals surface area contributed by atoms with Crippen LogP contribution in [0.2, 0.25) is 0 Å². The van der Waals surface area contributed by atoms with Crippen molar-refractivity contribution in [1.82, 2.24) is 4.98 Å². The lowest BCUT2D eigenvalue weighted by Crippen LogP contribution is -2.02. The van der Waals surface area contributed by atoms with Crippen LogP contribution in [-0.4, -0.2) is 12.1 Å². The Morgan fingerprint density at radius 3 is 2.20 bits per heavy atom. The summed E-state index contributed by atoms with van der Waals surface area (Å²) in [6.07, 6.45) is 0. The fourth-order valence-corrected chi connectivity index (χ4v) is 2.57. The van der Waals surface area contributed by atoms with Gasteiger partial charge in [0, 0.05) is 10.5 Å². The van der Waals surface area contributed by atoms with Gasteiger partial charge < -0.3 is 4.74 Å². The summed E-state index contributed by atoms with van der Waals surface area (Å²) in [4.78, 5) is 4.46. The van der Waals surface area contributed by atoms with Crippen LogP contribution in [0.3, 0.4) is 0 Å². The molecule has 0 aromatic carbocycles. The standard InChI is InChI=1S/C12H18BrNO/c1-7(2)9-6-10(15-5)14-12(8(3)4)11(9)13/h6-8H,1-5H3. The van der Waals surface area contributed by atoms with E-state index < -0.39 is 0 Å². The van der Waals surface area contributed by atoms with E-state index in [4.69, 9.17) is 4.74 Å². The highest BCUT2D eigenvalue weighted by Gasteiger charge is 2.15. The molecule has 0 aliphatic heterocycles. The van der Waals surface area contributed by atoms with E-state index in [0.717, 1.165) is 10.2 Å². The Hall–Kier alpha value is -0.570. The minimum Gasteiger partial charge on any atom is -0.481 e. The molecule has 0 N–H and O–H groups in total. The highest BCUT2D eigenvalue weighted by Crippen LogP contribution is 2.33. The van der Waals surface area contributed by atoms with Gasteiger partial charge >= 0.3 is 0 Å². The molecule has 0 aliphatic rings. The average molecular weight is 272 g/mol. The third-order valence-electron chi connectivity index (χ3n) is 2.37. The number of halogens is 1. The van der Waals surface area contributed by atoms with E-state index in [-0.39, 0.29) is 0 Å². The maximum Gasteiger partial charge on any atom is 0.213 e. The van der Waals surface area contributed by atoms with Gasteiger partial charge in [0.25, 0.3) is 0 Å². The second-order valence-corrected chi connectivity index (χ2v) is 5.06.